The van der Waals surface area contributed by atoms with Gasteiger partial charge in [-0.25, -0.2) is 9.37 Å². The average molecular weight is 206 g/mol. The minimum Gasteiger partial charge on any atom is -0.380 e. The molecule has 1 N–H and O–H groups in total. The monoisotopic (exact) mass is 206 g/mol. The summed E-state index contributed by atoms with van der Waals surface area (Å²) in [6.07, 6.45) is 2.55. The molecule has 2 aromatic rings. The Morgan fingerprint density at radius 2 is 2.00 bits per heavy atom. The second kappa shape index (κ2) is 3.82. The van der Waals surface area contributed by atoms with Crippen LogP contribution in [0.1, 0.15) is 17.5 Å². The van der Waals surface area contributed by atoms with Crippen LogP contribution in [0.4, 0.5) is 4.39 Å². The van der Waals surface area contributed by atoms with E-state index in [4.69, 9.17) is 0 Å². The molecule has 0 fully saturated rings. The third kappa shape index (κ3) is 1.89. The fourth-order valence-electron chi connectivity index (χ4n) is 1.43. The number of imidazole rings is 1. The number of halogens is 1. The van der Waals surface area contributed by atoms with Crippen molar-refractivity contribution in [3.63, 3.8) is 0 Å². The average Bonchev–Trinajstić information content (AvgIpc) is 2.65. The summed E-state index contributed by atoms with van der Waals surface area (Å²) in [5, 5.41) is 9.95. The molecule has 1 aromatic heterocycles. The van der Waals surface area contributed by atoms with Crippen molar-refractivity contribution in [2.75, 3.05) is 0 Å². The highest BCUT2D eigenvalue weighted by Gasteiger charge is 2.14. The van der Waals surface area contributed by atoms with Gasteiger partial charge in [0, 0.05) is 19.4 Å². The Labute approximate surface area is 86.8 Å². The Balaban J connectivity index is 2.32. The van der Waals surface area contributed by atoms with Crippen LogP contribution in [0.2, 0.25) is 0 Å². The molecular weight excluding hydrogens is 195 g/mol. The number of aromatic nitrogens is 2. The first kappa shape index (κ1) is 9.86. The zero-order chi connectivity index (χ0) is 10.8. The minimum atomic E-state index is -0.814. The highest BCUT2D eigenvalue weighted by molar-refractivity contribution is 5.23. The number of aryl methyl sites for hydroxylation is 1. The van der Waals surface area contributed by atoms with E-state index in [2.05, 4.69) is 4.98 Å². The van der Waals surface area contributed by atoms with Gasteiger partial charge in [0.1, 0.15) is 17.7 Å². The topological polar surface area (TPSA) is 38.0 Å². The maximum absolute atomic E-state index is 12.7. The number of rotatable bonds is 2. The fourth-order valence-corrected chi connectivity index (χ4v) is 1.43. The molecule has 3 nitrogen and oxygen atoms in total. The Bertz CT molecular complexity index is 450. The first-order valence-corrected chi connectivity index (χ1v) is 4.59. The lowest BCUT2D eigenvalue weighted by molar-refractivity contribution is 0.206. The molecule has 0 amide bonds. The molecule has 15 heavy (non-hydrogen) atoms. The van der Waals surface area contributed by atoms with E-state index in [1.807, 2.05) is 0 Å². The molecule has 78 valence electrons. The van der Waals surface area contributed by atoms with E-state index in [0.29, 0.717) is 11.4 Å². The Morgan fingerprint density at radius 3 is 2.53 bits per heavy atom. The van der Waals surface area contributed by atoms with Gasteiger partial charge in [-0.2, -0.15) is 0 Å². The summed E-state index contributed by atoms with van der Waals surface area (Å²) in [5.41, 5.74) is 0.630. The third-order valence-electron chi connectivity index (χ3n) is 2.29. The Kier molecular flexibility index (Phi) is 2.51. The van der Waals surface area contributed by atoms with Gasteiger partial charge < -0.3 is 9.67 Å². The van der Waals surface area contributed by atoms with E-state index in [0.717, 1.165) is 0 Å². The minimum absolute atomic E-state index is 0.314. The molecule has 0 saturated carbocycles. The van der Waals surface area contributed by atoms with Crippen molar-refractivity contribution in [2.45, 2.75) is 6.10 Å². The molecule has 0 aliphatic heterocycles. The number of nitrogens with zero attached hydrogens (tertiary/aromatic N) is 2. The molecule has 0 radical (unpaired) electrons. The lowest BCUT2D eigenvalue weighted by atomic mass is 10.1. The zero-order valence-corrected chi connectivity index (χ0v) is 8.26. The molecule has 0 unspecified atom stereocenters. The first-order valence-electron chi connectivity index (χ1n) is 4.59. The van der Waals surface area contributed by atoms with Crippen molar-refractivity contribution in [2.24, 2.45) is 7.05 Å². The van der Waals surface area contributed by atoms with Gasteiger partial charge in [-0.1, -0.05) is 12.1 Å². The molecule has 0 spiro atoms. The lowest BCUT2D eigenvalue weighted by Gasteiger charge is -2.10. The smallest absolute Gasteiger partial charge is 0.142 e. The van der Waals surface area contributed by atoms with E-state index < -0.39 is 6.10 Å². The first-order chi connectivity index (χ1) is 7.18. The van der Waals surface area contributed by atoms with Crippen LogP contribution in [-0.4, -0.2) is 14.7 Å². The van der Waals surface area contributed by atoms with Crippen molar-refractivity contribution < 1.29 is 9.50 Å². The van der Waals surface area contributed by atoms with Crippen molar-refractivity contribution in [3.8, 4) is 0 Å². The molecule has 0 aliphatic rings. The van der Waals surface area contributed by atoms with Gasteiger partial charge in [0.15, 0.2) is 0 Å². The maximum Gasteiger partial charge on any atom is 0.142 e. The van der Waals surface area contributed by atoms with Crippen LogP contribution in [0.3, 0.4) is 0 Å². The molecule has 0 saturated heterocycles. The summed E-state index contributed by atoms with van der Waals surface area (Å²) in [6, 6.07) is 5.74. The SMILES string of the molecule is Cn1ccnc1[C@@H](O)c1ccc(F)cc1. The summed E-state index contributed by atoms with van der Waals surface area (Å²) >= 11 is 0. The number of hydrogen-bond donors (Lipinski definition) is 1. The van der Waals surface area contributed by atoms with Gasteiger partial charge in [0.25, 0.3) is 0 Å². The van der Waals surface area contributed by atoms with Gasteiger partial charge in [-0.05, 0) is 17.7 Å². The maximum atomic E-state index is 12.7. The molecule has 0 bridgehead atoms. The highest BCUT2D eigenvalue weighted by Crippen LogP contribution is 2.19. The van der Waals surface area contributed by atoms with Crippen LogP contribution < -0.4 is 0 Å². The van der Waals surface area contributed by atoms with Crippen LogP contribution in [0.25, 0.3) is 0 Å². The summed E-state index contributed by atoms with van der Waals surface area (Å²) in [7, 11) is 1.80. The van der Waals surface area contributed by atoms with Crippen LogP contribution in [0, 0.1) is 5.82 Å². The normalized spacial score (nSPS) is 12.7. The number of hydrogen-bond acceptors (Lipinski definition) is 2. The molecule has 0 aliphatic carbocycles. The second-order valence-corrected chi connectivity index (χ2v) is 3.35. The summed E-state index contributed by atoms with van der Waals surface area (Å²) < 4.78 is 14.4. The quantitative estimate of drug-likeness (QED) is 0.811. The van der Waals surface area contributed by atoms with Gasteiger partial charge in [-0.3, -0.25) is 0 Å². The van der Waals surface area contributed by atoms with Crippen molar-refractivity contribution in [1.82, 2.24) is 9.55 Å². The molecule has 4 heteroatoms. The second-order valence-electron chi connectivity index (χ2n) is 3.35. The van der Waals surface area contributed by atoms with Gasteiger partial charge in [0.2, 0.25) is 0 Å². The molecule has 1 atom stereocenters. The standard InChI is InChI=1S/C11H11FN2O/c1-14-7-6-13-11(14)10(15)8-2-4-9(12)5-3-8/h2-7,10,15H,1H3/t10-/m0/s1. The summed E-state index contributed by atoms with van der Waals surface area (Å²) in [4.78, 5) is 4.03. The van der Waals surface area contributed by atoms with E-state index >= 15 is 0 Å². The third-order valence-corrected chi connectivity index (χ3v) is 2.29. The number of benzene rings is 1. The molecule has 2 rings (SSSR count). The van der Waals surface area contributed by atoms with E-state index in [9.17, 15) is 9.50 Å². The van der Waals surface area contributed by atoms with Crippen LogP contribution in [-0.2, 0) is 7.05 Å². The van der Waals surface area contributed by atoms with E-state index in [-0.39, 0.29) is 5.82 Å². The van der Waals surface area contributed by atoms with Gasteiger partial charge in [-0.15, -0.1) is 0 Å². The zero-order valence-electron chi connectivity index (χ0n) is 8.26. The predicted octanol–water partition coefficient (Wildman–Crippen LogP) is 1.64. The van der Waals surface area contributed by atoms with Crippen LogP contribution >= 0.6 is 0 Å². The molecule has 1 heterocycles. The van der Waals surface area contributed by atoms with E-state index in [1.165, 1.54) is 12.1 Å². The highest BCUT2D eigenvalue weighted by atomic mass is 19.1. The number of aliphatic hydroxyl groups is 1. The van der Waals surface area contributed by atoms with Gasteiger partial charge >= 0.3 is 0 Å². The predicted molar refractivity (Wildman–Crippen MR) is 53.7 cm³/mol. The summed E-state index contributed by atoms with van der Waals surface area (Å²) in [5.74, 6) is 0.229. The molecular formula is C11H11FN2O. The van der Waals surface area contributed by atoms with Crippen molar-refractivity contribution in [3.05, 3.63) is 53.9 Å². The van der Waals surface area contributed by atoms with Crippen molar-refractivity contribution >= 4 is 0 Å². The Morgan fingerprint density at radius 1 is 1.33 bits per heavy atom. The van der Waals surface area contributed by atoms with Crippen LogP contribution in [0.15, 0.2) is 36.7 Å². The lowest BCUT2D eigenvalue weighted by Crippen LogP contribution is -2.06. The van der Waals surface area contributed by atoms with Crippen molar-refractivity contribution in [1.29, 1.82) is 0 Å². The molecule has 1 aromatic carbocycles. The Hall–Kier alpha value is -1.68. The van der Waals surface area contributed by atoms with Crippen LogP contribution in [0.5, 0.6) is 0 Å². The largest absolute Gasteiger partial charge is 0.380 e. The van der Waals surface area contributed by atoms with E-state index in [1.54, 1.807) is 36.1 Å². The summed E-state index contributed by atoms with van der Waals surface area (Å²) in [6.45, 7) is 0. The fraction of sp³-hybridized carbons (Fsp3) is 0.182. The van der Waals surface area contributed by atoms with Gasteiger partial charge in [0.05, 0.1) is 0 Å². The number of aliphatic hydroxyl groups excluding tert-OH is 1.